The van der Waals surface area contributed by atoms with Gasteiger partial charge in [0.25, 0.3) is 0 Å². The van der Waals surface area contributed by atoms with E-state index in [1.54, 1.807) is 0 Å². The minimum Gasteiger partial charge on any atom is -0.377 e. The van der Waals surface area contributed by atoms with Gasteiger partial charge < -0.3 is 15.0 Å². The summed E-state index contributed by atoms with van der Waals surface area (Å²) in [6, 6.07) is 5.09. The van der Waals surface area contributed by atoms with E-state index in [0.717, 1.165) is 38.1 Å². The third-order valence-electron chi connectivity index (χ3n) is 4.09. The van der Waals surface area contributed by atoms with Crippen LogP contribution in [0.3, 0.4) is 0 Å². The first-order valence-electron chi connectivity index (χ1n) is 7.90. The van der Waals surface area contributed by atoms with Crippen LogP contribution in [0.1, 0.15) is 38.2 Å². The van der Waals surface area contributed by atoms with Crippen molar-refractivity contribution in [1.82, 2.24) is 10.3 Å². The predicted molar refractivity (Wildman–Crippen MR) is 81.0 cm³/mol. The van der Waals surface area contributed by atoms with Crippen molar-refractivity contribution in [2.75, 3.05) is 24.6 Å². The molecule has 2 fully saturated rings. The molecule has 1 aromatic rings. The first kappa shape index (κ1) is 13.8. The number of nitrogens with one attached hydrogen (secondary N) is 1. The van der Waals surface area contributed by atoms with Gasteiger partial charge in [-0.3, -0.25) is 0 Å². The quantitative estimate of drug-likeness (QED) is 0.864. The van der Waals surface area contributed by atoms with E-state index in [2.05, 4.69) is 34.3 Å². The number of ether oxygens (including phenoxy) is 1. The van der Waals surface area contributed by atoms with Crippen molar-refractivity contribution in [2.24, 2.45) is 0 Å². The summed E-state index contributed by atoms with van der Waals surface area (Å²) in [5.74, 6) is 1.10. The van der Waals surface area contributed by atoms with Crippen molar-refractivity contribution in [1.29, 1.82) is 0 Å². The molecule has 0 spiro atoms. The molecule has 1 unspecified atom stereocenters. The average Bonchev–Trinajstić information content (AvgIpc) is 3.30. The lowest BCUT2D eigenvalue weighted by molar-refractivity contribution is 0.0525. The molecule has 0 bridgehead atoms. The zero-order valence-corrected chi connectivity index (χ0v) is 12.3. The largest absolute Gasteiger partial charge is 0.377 e. The molecule has 1 saturated carbocycles. The van der Waals surface area contributed by atoms with Crippen LogP contribution in [0.4, 0.5) is 5.82 Å². The van der Waals surface area contributed by atoms with Crippen molar-refractivity contribution in [3.8, 4) is 0 Å². The molecule has 0 radical (unpaired) electrons. The number of hydrogen-bond acceptors (Lipinski definition) is 4. The van der Waals surface area contributed by atoms with Crippen molar-refractivity contribution in [3.63, 3.8) is 0 Å². The molecule has 4 heteroatoms. The van der Waals surface area contributed by atoms with Gasteiger partial charge in [0, 0.05) is 38.5 Å². The maximum absolute atomic E-state index is 5.77. The highest BCUT2D eigenvalue weighted by molar-refractivity contribution is 5.41. The standard InChI is InChI=1S/C16H25N3O/c1-2-20-15-4-3-9-19(12-15)16-10-13(7-8-17-16)11-18-14-5-6-14/h7-8,10,14-15,18H,2-6,9,11-12H2,1H3. The van der Waals surface area contributed by atoms with Crippen LogP contribution < -0.4 is 10.2 Å². The van der Waals surface area contributed by atoms with Gasteiger partial charge in [0.1, 0.15) is 5.82 Å². The molecule has 1 saturated heterocycles. The van der Waals surface area contributed by atoms with Crippen LogP contribution in [0, 0.1) is 0 Å². The molecule has 2 heterocycles. The molecular formula is C16H25N3O. The normalized spacial score (nSPS) is 23.1. The van der Waals surface area contributed by atoms with Gasteiger partial charge in [0.05, 0.1) is 6.10 Å². The van der Waals surface area contributed by atoms with Gasteiger partial charge >= 0.3 is 0 Å². The van der Waals surface area contributed by atoms with Gasteiger partial charge in [-0.2, -0.15) is 0 Å². The summed E-state index contributed by atoms with van der Waals surface area (Å²) in [7, 11) is 0. The Labute approximate surface area is 121 Å². The minimum absolute atomic E-state index is 0.365. The summed E-state index contributed by atoms with van der Waals surface area (Å²) in [4.78, 5) is 6.91. The molecule has 1 N–H and O–H groups in total. The van der Waals surface area contributed by atoms with Gasteiger partial charge in [0.15, 0.2) is 0 Å². The van der Waals surface area contributed by atoms with Crippen LogP contribution >= 0.6 is 0 Å². The Hall–Kier alpha value is -1.13. The van der Waals surface area contributed by atoms with E-state index in [4.69, 9.17) is 4.74 Å². The van der Waals surface area contributed by atoms with E-state index in [1.165, 1.54) is 31.2 Å². The summed E-state index contributed by atoms with van der Waals surface area (Å²) in [5.41, 5.74) is 1.33. The smallest absolute Gasteiger partial charge is 0.128 e. The lowest BCUT2D eigenvalue weighted by atomic mass is 10.1. The lowest BCUT2D eigenvalue weighted by Crippen LogP contribution is -2.40. The molecule has 20 heavy (non-hydrogen) atoms. The van der Waals surface area contributed by atoms with E-state index >= 15 is 0 Å². The number of rotatable bonds is 6. The SMILES string of the molecule is CCOC1CCCN(c2cc(CNC3CC3)ccn2)C1. The Kier molecular flexibility index (Phi) is 4.53. The lowest BCUT2D eigenvalue weighted by Gasteiger charge is -2.33. The Morgan fingerprint density at radius 1 is 1.40 bits per heavy atom. The Balaban J connectivity index is 1.61. The van der Waals surface area contributed by atoms with E-state index in [1.807, 2.05) is 6.20 Å². The van der Waals surface area contributed by atoms with Crippen LogP contribution in [0.2, 0.25) is 0 Å². The first-order chi connectivity index (χ1) is 9.85. The van der Waals surface area contributed by atoms with E-state index in [-0.39, 0.29) is 0 Å². The number of aromatic nitrogens is 1. The van der Waals surface area contributed by atoms with Crippen LogP contribution in [0.25, 0.3) is 0 Å². The van der Waals surface area contributed by atoms with Gasteiger partial charge in [-0.15, -0.1) is 0 Å². The van der Waals surface area contributed by atoms with Gasteiger partial charge in [-0.05, 0) is 50.3 Å². The number of hydrogen-bond donors (Lipinski definition) is 1. The Morgan fingerprint density at radius 3 is 3.10 bits per heavy atom. The van der Waals surface area contributed by atoms with Gasteiger partial charge in [-0.1, -0.05) is 0 Å². The fourth-order valence-electron chi connectivity index (χ4n) is 2.81. The van der Waals surface area contributed by atoms with Crippen LogP contribution in [0.15, 0.2) is 18.3 Å². The average molecular weight is 275 g/mol. The Bertz CT molecular complexity index is 431. The molecule has 110 valence electrons. The van der Waals surface area contributed by atoms with Gasteiger partial charge in [0.2, 0.25) is 0 Å². The highest BCUT2D eigenvalue weighted by Crippen LogP contribution is 2.22. The number of anilines is 1. The monoisotopic (exact) mass is 275 g/mol. The molecule has 1 atom stereocenters. The third-order valence-corrected chi connectivity index (χ3v) is 4.09. The maximum atomic E-state index is 5.77. The van der Waals surface area contributed by atoms with Crippen LogP contribution in [0.5, 0.6) is 0 Å². The molecule has 4 nitrogen and oxygen atoms in total. The molecular weight excluding hydrogens is 250 g/mol. The molecule has 0 aromatic carbocycles. The van der Waals surface area contributed by atoms with Crippen molar-refractivity contribution in [2.45, 2.75) is 51.3 Å². The number of pyridine rings is 1. The van der Waals surface area contributed by atoms with Crippen LogP contribution in [-0.2, 0) is 11.3 Å². The molecule has 1 aliphatic heterocycles. The van der Waals surface area contributed by atoms with Crippen molar-refractivity contribution in [3.05, 3.63) is 23.9 Å². The molecule has 1 aliphatic carbocycles. The minimum atomic E-state index is 0.365. The highest BCUT2D eigenvalue weighted by atomic mass is 16.5. The fourth-order valence-corrected chi connectivity index (χ4v) is 2.81. The summed E-state index contributed by atoms with van der Waals surface area (Å²) >= 11 is 0. The topological polar surface area (TPSA) is 37.4 Å². The van der Waals surface area contributed by atoms with Crippen molar-refractivity contribution < 1.29 is 4.74 Å². The summed E-state index contributed by atoms with van der Waals surface area (Å²) in [6.45, 7) is 5.90. The first-order valence-corrected chi connectivity index (χ1v) is 7.90. The zero-order chi connectivity index (χ0) is 13.8. The number of nitrogens with zero attached hydrogens (tertiary/aromatic N) is 2. The molecule has 0 amide bonds. The summed E-state index contributed by atoms with van der Waals surface area (Å²) in [5, 5.41) is 3.56. The fraction of sp³-hybridized carbons (Fsp3) is 0.688. The Morgan fingerprint density at radius 2 is 2.30 bits per heavy atom. The van der Waals surface area contributed by atoms with Crippen LogP contribution in [-0.4, -0.2) is 36.8 Å². The second kappa shape index (κ2) is 6.55. The van der Waals surface area contributed by atoms with E-state index in [0.29, 0.717) is 6.10 Å². The number of piperidine rings is 1. The highest BCUT2D eigenvalue weighted by Gasteiger charge is 2.22. The van der Waals surface area contributed by atoms with E-state index < -0.39 is 0 Å². The zero-order valence-electron chi connectivity index (χ0n) is 12.3. The third kappa shape index (κ3) is 3.70. The van der Waals surface area contributed by atoms with Crippen molar-refractivity contribution >= 4 is 5.82 Å². The van der Waals surface area contributed by atoms with E-state index in [9.17, 15) is 0 Å². The molecule has 3 rings (SSSR count). The second-order valence-electron chi connectivity index (χ2n) is 5.84. The predicted octanol–water partition coefficient (Wildman–Crippen LogP) is 2.34. The summed E-state index contributed by atoms with van der Waals surface area (Å²) < 4.78 is 5.77. The second-order valence-corrected chi connectivity index (χ2v) is 5.84. The maximum Gasteiger partial charge on any atom is 0.128 e. The molecule has 2 aliphatic rings. The van der Waals surface area contributed by atoms with Gasteiger partial charge in [-0.25, -0.2) is 4.98 Å². The molecule has 1 aromatic heterocycles. The summed E-state index contributed by atoms with van der Waals surface area (Å²) in [6.07, 6.45) is 7.33.